The van der Waals surface area contributed by atoms with Gasteiger partial charge in [-0.2, -0.15) is 13.2 Å². The minimum Gasteiger partial charge on any atom is -0.391 e. The van der Waals surface area contributed by atoms with Crippen LogP contribution in [0.1, 0.15) is 30.0 Å². The number of halogens is 4. The summed E-state index contributed by atoms with van der Waals surface area (Å²) in [6.07, 6.45) is -3.33. The molecule has 0 unspecified atom stereocenters. The van der Waals surface area contributed by atoms with Crippen molar-refractivity contribution in [1.82, 2.24) is 0 Å². The first-order valence-corrected chi connectivity index (χ1v) is 5.50. The Labute approximate surface area is 109 Å². The molecule has 0 radical (unpaired) electrons. The molecule has 1 aromatic carbocycles. The van der Waals surface area contributed by atoms with Crippen LogP contribution < -0.4 is 5.73 Å². The van der Waals surface area contributed by atoms with Crippen LogP contribution in [0.5, 0.6) is 0 Å². The van der Waals surface area contributed by atoms with Crippen molar-refractivity contribution in [2.75, 3.05) is 0 Å². The maximum Gasteiger partial charge on any atom is 0.416 e. The van der Waals surface area contributed by atoms with E-state index in [1.807, 2.05) is 0 Å². The van der Waals surface area contributed by atoms with E-state index in [-0.39, 0.29) is 18.3 Å². The summed E-state index contributed by atoms with van der Waals surface area (Å²) in [5.74, 6) is 0.138. The van der Waals surface area contributed by atoms with Crippen LogP contribution in [0.4, 0.5) is 13.2 Å². The molecule has 2 rings (SSSR count). The molecule has 6 heteroatoms. The number of benzene rings is 1. The molecule has 2 atom stereocenters. The minimum atomic E-state index is -4.37. The molecular weight excluding hydrogens is 267 g/mol. The van der Waals surface area contributed by atoms with E-state index in [4.69, 9.17) is 5.73 Å². The molecule has 0 aromatic heterocycles. The quantitative estimate of drug-likeness (QED) is 0.895. The second-order valence-electron chi connectivity index (χ2n) is 4.48. The van der Waals surface area contributed by atoms with Gasteiger partial charge in [0.05, 0.1) is 17.7 Å². The predicted octanol–water partition coefficient (Wildman–Crippen LogP) is 2.90. The van der Waals surface area contributed by atoms with Crippen molar-refractivity contribution in [2.45, 2.75) is 31.2 Å². The number of alkyl halides is 3. The van der Waals surface area contributed by atoms with Crippen LogP contribution >= 0.6 is 12.4 Å². The van der Waals surface area contributed by atoms with Gasteiger partial charge in [-0.1, -0.05) is 12.1 Å². The highest BCUT2D eigenvalue weighted by Gasteiger charge is 2.35. The van der Waals surface area contributed by atoms with Crippen LogP contribution in [0.25, 0.3) is 0 Å². The number of aliphatic hydroxyl groups is 1. The van der Waals surface area contributed by atoms with Gasteiger partial charge in [0.25, 0.3) is 0 Å². The van der Waals surface area contributed by atoms with E-state index >= 15 is 0 Å². The predicted molar refractivity (Wildman–Crippen MR) is 64.4 cm³/mol. The number of aliphatic hydroxyl groups excluding tert-OH is 1. The average Bonchev–Trinajstić information content (AvgIpc) is 3.10. The number of hydrogen-bond donors (Lipinski definition) is 2. The van der Waals surface area contributed by atoms with E-state index in [9.17, 15) is 18.3 Å². The Morgan fingerprint density at radius 3 is 2.39 bits per heavy atom. The molecule has 3 N–H and O–H groups in total. The van der Waals surface area contributed by atoms with Gasteiger partial charge in [0.1, 0.15) is 0 Å². The molecule has 0 bridgehead atoms. The second kappa shape index (κ2) is 5.47. The molecule has 0 saturated heterocycles. The molecule has 1 fully saturated rings. The fourth-order valence-electron chi connectivity index (χ4n) is 1.85. The highest BCUT2D eigenvalue weighted by Crippen LogP contribution is 2.38. The van der Waals surface area contributed by atoms with Crippen molar-refractivity contribution < 1.29 is 18.3 Å². The van der Waals surface area contributed by atoms with E-state index in [1.54, 1.807) is 0 Å². The lowest BCUT2D eigenvalue weighted by molar-refractivity contribution is -0.137. The molecule has 0 aliphatic heterocycles. The fourth-order valence-corrected chi connectivity index (χ4v) is 1.85. The molecule has 1 saturated carbocycles. The Morgan fingerprint density at radius 2 is 1.89 bits per heavy atom. The summed E-state index contributed by atoms with van der Waals surface area (Å²) in [4.78, 5) is 0. The number of hydrogen-bond acceptors (Lipinski definition) is 2. The summed E-state index contributed by atoms with van der Waals surface area (Å²) in [5.41, 5.74) is 5.38. The third kappa shape index (κ3) is 3.37. The normalized spacial score (nSPS) is 18.9. The maximum absolute atomic E-state index is 12.5. The zero-order valence-electron chi connectivity index (χ0n) is 9.52. The zero-order valence-corrected chi connectivity index (χ0v) is 10.3. The Hall–Kier alpha value is -0.780. The van der Waals surface area contributed by atoms with Gasteiger partial charge < -0.3 is 10.8 Å². The monoisotopic (exact) mass is 281 g/mol. The molecule has 18 heavy (non-hydrogen) atoms. The third-order valence-electron chi connectivity index (χ3n) is 3.07. The lowest BCUT2D eigenvalue weighted by atomic mass is 9.97. The van der Waals surface area contributed by atoms with Gasteiger partial charge in [-0.05, 0) is 36.5 Å². The minimum absolute atomic E-state index is 0. The lowest BCUT2D eigenvalue weighted by Crippen LogP contribution is -2.28. The molecule has 2 nitrogen and oxygen atoms in total. The Balaban J connectivity index is 0.00000162. The Morgan fingerprint density at radius 1 is 1.28 bits per heavy atom. The summed E-state index contributed by atoms with van der Waals surface area (Å²) in [7, 11) is 0. The highest BCUT2D eigenvalue weighted by atomic mass is 35.5. The van der Waals surface area contributed by atoms with Gasteiger partial charge in [-0.3, -0.25) is 0 Å². The summed E-state index contributed by atoms with van der Waals surface area (Å²) < 4.78 is 37.5. The first-order chi connectivity index (χ1) is 7.89. The second-order valence-corrected chi connectivity index (χ2v) is 4.48. The standard InChI is InChI=1S/C12H14F3NO.ClH/c13-12(14,15)9-3-1-2-8(6-9)10(16)11(17)7-4-5-7;/h1-3,6-7,10-11,17H,4-5,16H2;1H/t10-,11+;/m1./s1. The van der Waals surface area contributed by atoms with E-state index < -0.39 is 23.9 Å². The van der Waals surface area contributed by atoms with E-state index in [2.05, 4.69) is 0 Å². The Kier molecular flexibility index (Phi) is 4.64. The molecule has 0 amide bonds. The fraction of sp³-hybridized carbons (Fsp3) is 0.500. The van der Waals surface area contributed by atoms with Crippen molar-refractivity contribution in [1.29, 1.82) is 0 Å². The molecule has 0 spiro atoms. The van der Waals surface area contributed by atoms with Crippen LogP contribution in [0.2, 0.25) is 0 Å². The van der Waals surface area contributed by atoms with Crippen molar-refractivity contribution >= 4 is 12.4 Å². The average molecular weight is 282 g/mol. The molecule has 1 aromatic rings. The Bertz CT molecular complexity index is 407. The van der Waals surface area contributed by atoms with Crippen LogP contribution in [-0.2, 0) is 6.18 Å². The largest absolute Gasteiger partial charge is 0.416 e. The molecular formula is C12H15ClF3NO. The van der Waals surface area contributed by atoms with E-state index in [1.165, 1.54) is 12.1 Å². The lowest BCUT2D eigenvalue weighted by Gasteiger charge is -2.19. The maximum atomic E-state index is 12.5. The first-order valence-electron chi connectivity index (χ1n) is 5.50. The van der Waals surface area contributed by atoms with Gasteiger partial charge in [0.15, 0.2) is 0 Å². The number of nitrogens with two attached hydrogens (primary N) is 1. The van der Waals surface area contributed by atoms with E-state index in [0.717, 1.165) is 25.0 Å². The van der Waals surface area contributed by atoms with E-state index in [0.29, 0.717) is 5.56 Å². The SMILES string of the molecule is Cl.N[C@H](c1cccc(C(F)(F)F)c1)[C@@H](O)C1CC1. The van der Waals surface area contributed by atoms with Crippen molar-refractivity contribution in [3.8, 4) is 0 Å². The topological polar surface area (TPSA) is 46.2 Å². The molecule has 102 valence electrons. The third-order valence-corrected chi connectivity index (χ3v) is 3.07. The van der Waals surface area contributed by atoms with Gasteiger partial charge in [-0.15, -0.1) is 12.4 Å². The van der Waals surface area contributed by atoms with Crippen molar-refractivity contribution in [2.24, 2.45) is 11.7 Å². The van der Waals surface area contributed by atoms with Crippen molar-refractivity contribution in [3.05, 3.63) is 35.4 Å². The van der Waals surface area contributed by atoms with Crippen LogP contribution in [0, 0.1) is 5.92 Å². The summed E-state index contributed by atoms with van der Waals surface area (Å²) in [5, 5.41) is 9.80. The van der Waals surface area contributed by atoms with Crippen molar-refractivity contribution in [3.63, 3.8) is 0 Å². The molecule has 1 aliphatic rings. The highest BCUT2D eigenvalue weighted by molar-refractivity contribution is 5.85. The smallest absolute Gasteiger partial charge is 0.391 e. The molecule has 1 aliphatic carbocycles. The summed E-state index contributed by atoms with van der Waals surface area (Å²) in [6.45, 7) is 0. The summed E-state index contributed by atoms with van der Waals surface area (Å²) >= 11 is 0. The van der Waals surface area contributed by atoms with Crippen LogP contribution in [0.15, 0.2) is 24.3 Å². The van der Waals surface area contributed by atoms with Crippen LogP contribution in [-0.4, -0.2) is 11.2 Å². The number of rotatable bonds is 3. The molecule has 0 heterocycles. The van der Waals surface area contributed by atoms with Gasteiger partial charge in [0.2, 0.25) is 0 Å². The van der Waals surface area contributed by atoms with Gasteiger partial charge in [0, 0.05) is 0 Å². The van der Waals surface area contributed by atoms with Crippen LogP contribution in [0.3, 0.4) is 0 Å². The zero-order chi connectivity index (χ0) is 12.6. The first kappa shape index (κ1) is 15.3. The van der Waals surface area contributed by atoms with Gasteiger partial charge in [-0.25, -0.2) is 0 Å². The van der Waals surface area contributed by atoms with Gasteiger partial charge >= 0.3 is 6.18 Å². The summed E-state index contributed by atoms with van der Waals surface area (Å²) in [6, 6.07) is 4.10.